The van der Waals surface area contributed by atoms with Crippen LogP contribution in [0.25, 0.3) is 0 Å². The van der Waals surface area contributed by atoms with E-state index in [0.29, 0.717) is 13.0 Å². The fourth-order valence-electron chi connectivity index (χ4n) is 3.81. The van der Waals surface area contributed by atoms with Crippen LogP contribution in [0, 0.1) is 0 Å². The second-order valence-corrected chi connectivity index (χ2v) is 8.75. The third-order valence-corrected chi connectivity index (χ3v) is 6.11. The number of nitrogens with zero attached hydrogens (tertiary/aromatic N) is 1. The highest BCUT2D eigenvalue weighted by Crippen LogP contribution is 2.19. The van der Waals surface area contributed by atoms with Crippen molar-refractivity contribution in [3.05, 3.63) is 70.2 Å². The number of carbonyl (C=O) groups excluding carboxylic acids is 2. The minimum Gasteiger partial charge on any atom is -0.352 e. The zero-order valence-corrected chi connectivity index (χ0v) is 18.5. The SMILES string of the molecule is C[C@@H](C(=O)NC1CCCCC1)N(Cc1ccc(Br)cc1)C(=O)Cc1ccccc1. The first-order valence-corrected chi connectivity index (χ1v) is 11.2. The Hall–Kier alpha value is -2.14. The number of nitrogens with one attached hydrogen (secondary N) is 1. The van der Waals surface area contributed by atoms with Gasteiger partial charge in [-0.05, 0) is 43.0 Å². The molecule has 1 atom stereocenters. The molecule has 0 heterocycles. The van der Waals surface area contributed by atoms with Crippen molar-refractivity contribution >= 4 is 27.7 Å². The van der Waals surface area contributed by atoms with Crippen LogP contribution in [0.1, 0.15) is 50.2 Å². The summed E-state index contributed by atoms with van der Waals surface area (Å²) in [5.74, 6) is -0.0964. The standard InChI is InChI=1S/C24H29BrN2O2/c1-18(24(29)26-22-10-6-3-7-11-22)27(17-20-12-14-21(25)15-13-20)23(28)16-19-8-4-2-5-9-19/h2,4-5,8-9,12-15,18,22H,3,6-7,10-11,16-17H2,1H3,(H,26,29)/t18-/m0/s1. The summed E-state index contributed by atoms with van der Waals surface area (Å²) < 4.78 is 0.992. The molecule has 0 spiro atoms. The predicted octanol–water partition coefficient (Wildman–Crippen LogP) is 4.86. The van der Waals surface area contributed by atoms with Crippen LogP contribution in [0.3, 0.4) is 0 Å². The Morgan fingerprint density at radius 3 is 2.31 bits per heavy atom. The molecule has 0 saturated heterocycles. The van der Waals surface area contributed by atoms with E-state index in [1.807, 2.05) is 61.5 Å². The first kappa shape index (κ1) is 21.6. The summed E-state index contributed by atoms with van der Waals surface area (Å²) in [5.41, 5.74) is 1.96. The lowest BCUT2D eigenvalue weighted by molar-refractivity contribution is -0.140. The molecule has 1 saturated carbocycles. The van der Waals surface area contributed by atoms with Gasteiger partial charge >= 0.3 is 0 Å². The van der Waals surface area contributed by atoms with Gasteiger partial charge in [0.15, 0.2) is 0 Å². The first-order valence-electron chi connectivity index (χ1n) is 10.4. The van der Waals surface area contributed by atoms with Crippen LogP contribution in [-0.4, -0.2) is 28.8 Å². The van der Waals surface area contributed by atoms with Gasteiger partial charge in [0, 0.05) is 17.1 Å². The zero-order valence-electron chi connectivity index (χ0n) is 16.9. The summed E-state index contributed by atoms with van der Waals surface area (Å²) >= 11 is 3.45. The fraction of sp³-hybridized carbons (Fsp3) is 0.417. The Labute approximate surface area is 181 Å². The van der Waals surface area contributed by atoms with Crippen molar-refractivity contribution in [3.63, 3.8) is 0 Å². The van der Waals surface area contributed by atoms with E-state index in [2.05, 4.69) is 21.2 Å². The highest BCUT2D eigenvalue weighted by molar-refractivity contribution is 9.10. The summed E-state index contributed by atoms with van der Waals surface area (Å²) in [6.45, 7) is 2.25. The van der Waals surface area contributed by atoms with Gasteiger partial charge in [0.2, 0.25) is 11.8 Å². The van der Waals surface area contributed by atoms with E-state index in [9.17, 15) is 9.59 Å². The van der Waals surface area contributed by atoms with Gasteiger partial charge in [0.1, 0.15) is 6.04 Å². The minimum atomic E-state index is -0.517. The lowest BCUT2D eigenvalue weighted by atomic mass is 9.95. The molecule has 2 amide bonds. The lowest BCUT2D eigenvalue weighted by Crippen LogP contribution is -2.50. The molecular weight excluding hydrogens is 428 g/mol. The fourth-order valence-corrected chi connectivity index (χ4v) is 4.07. The Balaban J connectivity index is 1.73. The lowest BCUT2D eigenvalue weighted by Gasteiger charge is -2.31. The monoisotopic (exact) mass is 456 g/mol. The highest BCUT2D eigenvalue weighted by atomic mass is 79.9. The van der Waals surface area contributed by atoms with Gasteiger partial charge in [0.05, 0.1) is 6.42 Å². The van der Waals surface area contributed by atoms with E-state index in [4.69, 9.17) is 0 Å². The average molecular weight is 457 g/mol. The molecule has 2 aromatic rings. The molecule has 1 N–H and O–H groups in total. The molecule has 154 valence electrons. The summed E-state index contributed by atoms with van der Waals surface area (Å²) in [6.07, 6.45) is 5.92. The molecule has 0 aromatic heterocycles. The van der Waals surface area contributed by atoms with Gasteiger partial charge in [-0.2, -0.15) is 0 Å². The van der Waals surface area contributed by atoms with Crippen molar-refractivity contribution < 1.29 is 9.59 Å². The predicted molar refractivity (Wildman–Crippen MR) is 119 cm³/mol. The number of rotatable bonds is 7. The van der Waals surface area contributed by atoms with E-state index in [-0.39, 0.29) is 17.9 Å². The number of amides is 2. The summed E-state index contributed by atoms with van der Waals surface area (Å²) in [5, 5.41) is 3.17. The molecule has 3 rings (SSSR count). The van der Waals surface area contributed by atoms with Crippen LogP contribution in [0.5, 0.6) is 0 Å². The van der Waals surface area contributed by atoms with E-state index in [1.54, 1.807) is 4.90 Å². The zero-order chi connectivity index (χ0) is 20.6. The number of benzene rings is 2. The van der Waals surface area contributed by atoms with E-state index in [1.165, 1.54) is 6.42 Å². The van der Waals surface area contributed by atoms with Crippen LogP contribution < -0.4 is 5.32 Å². The minimum absolute atomic E-state index is 0.0367. The van der Waals surface area contributed by atoms with Crippen LogP contribution in [0.2, 0.25) is 0 Å². The Morgan fingerprint density at radius 1 is 1.00 bits per heavy atom. The quantitative estimate of drug-likeness (QED) is 0.646. The molecule has 0 radical (unpaired) electrons. The largest absolute Gasteiger partial charge is 0.352 e. The van der Waals surface area contributed by atoms with Gasteiger partial charge in [-0.15, -0.1) is 0 Å². The van der Waals surface area contributed by atoms with Gasteiger partial charge in [-0.25, -0.2) is 0 Å². The second kappa shape index (κ2) is 10.6. The Morgan fingerprint density at radius 2 is 1.66 bits per heavy atom. The first-order chi connectivity index (χ1) is 14.0. The van der Waals surface area contributed by atoms with Gasteiger partial charge in [-0.1, -0.05) is 77.7 Å². The molecule has 1 aliphatic carbocycles. The van der Waals surface area contributed by atoms with Crippen LogP contribution in [0.15, 0.2) is 59.1 Å². The number of hydrogen-bond acceptors (Lipinski definition) is 2. The Bertz CT molecular complexity index is 801. The van der Waals surface area contributed by atoms with Gasteiger partial charge in [-0.3, -0.25) is 9.59 Å². The van der Waals surface area contributed by atoms with Gasteiger partial charge in [0.25, 0.3) is 0 Å². The third-order valence-electron chi connectivity index (χ3n) is 5.58. The maximum atomic E-state index is 13.2. The molecule has 4 nitrogen and oxygen atoms in total. The molecule has 5 heteroatoms. The van der Waals surface area contributed by atoms with E-state index >= 15 is 0 Å². The van der Waals surface area contributed by atoms with Crippen LogP contribution in [0.4, 0.5) is 0 Å². The maximum absolute atomic E-state index is 13.2. The molecule has 1 fully saturated rings. The van der Waals surface area contributed by atoms with Crippen molar-refractivity contribution in [2.45, 2.75) is 64.1 Å². The van der Waals surface area contributed by atoms with Crippen molar-refractivity contribution in [2.75, 3.05) is 0 Å². The van der Waals surface area contributed by atoms with E-state index in [0.717, 1.165) is 41.3 Å². The van der Waals surface area contributed by atoms with Crippen LogP contribution in [-0.2, 0) is 22.6 Å². The third kappa shape index (κ3) is 6.43. The smallest absolute Gasteiger partial charge is 0.242 e. The molecule has 0 bridgehead atoms. The number of halogens is 1. The normalized spacial score (nSPS) is 15.5. The van der Waals surface area contributed by atoms with Crippen molar-refractivity contribution in [1.82, 2.24) is 10.2 Å². The molecule has 2 aromatic carbocycles. The summed E-state index contributed by atoms with van der Waals surface area (Å²) in [7, 11) is 0. The maximum Gasteiger partial charge on any atom is 0.242 e. The van der Waals surface area contributed by atoms with Crippen molar-refractivity contribution in [1.29, 1.82) is 0 Å². The van der Waals surface area contributed by atoms with Gasteiger partial charge < -0.3 is 10.2 Å². The highest BCUT2D eigenvalue weighted by Gasteiger charge is 2.28. The molecule has 0 unspecified atom stereocenters. The molecule has 1 aliphatic rings. The summed E-state index contributed by atoms with van der Waals surface area (Å²) in [6, 6.07) is 17.3. The van der Waals surface area contributed by atoms with Crippen molar-refractivity contribution in [2.24, 2.45) is 0 Å². The van der Waals surface area contributed by atoms with Crippen molar-refractivity contribution in [3.8, 4) is 0 Å². The number of carbonyl (C=O) groups is 2. The number of hydrogen-bond donors (Lipinski definition) is 1. The molecule has 29 heavy (non-hydrogen) atoms. The molecular formula is C24H29BrN2O2. The molecule has 0 aliphatic heterocycles. The average Bonchev–Trinajstić information content (AvgIpc) is 2.74. The van der Waals surface area contributed by atoms with E-state index < -0.39 is 6.04 Å². The second-order valence-electron chi connectivity index (χ2n) is 7.83. The summed E-state index contributed by atoms with van der Waals surface area (Å²) in [4.78, 5) is 27.8. The van der Waals surface area contributed by atoms with Crippen LogP contribution >= 0.6 is 15.9 Å². The Kier molecular flexibility index (Phi) is 7.87. The topological polar surface area (TPSA) is 49.4 Å².